The first kappa shape index (κ1) is 18.9. The number of hydrogen-bond donors (Lipinski definition) is 1. The van der Waals surface area contributed by atoms with E-state index in [1.807, 2.05) is 0 Å². The highest BCUT2D eigenvalue weighted by Crippen LogP contribution is 2.15. The minimum absolute atomic E-state index is 0.612. The van der Waals surface area contributed by atoms with Crippen molar-refractivity contribution in [2.75, 3.05) is 39.4 Å². The van der Waals surface area contributed by atoms with Gasteiger partial charge in [-0.1, -0.05) is 42.0 Å². The van der Waals surface area contributed by atoms with Gasteiger partial charge >= 0.3 is 0 Å². The number of morpholine rings is 1. The van der Waals surface area contributed by atoms with Gasteiger partial charge < -0.3 is 14.8 Å². The lowest BCUT2D eigenvalue weighted by Gasteiger charge is -2.26. The van der Waals surface area contributed by atoms with Gasteiger partial charge in [-0.25, -0.2) is 0 Å². The van der Waals surface area contributed by atoms with E-state index < -0.39 is 0 Å². The zero-order valence-electron chi connectivity index (χ0n) is 15.7. The van der Waals surface area contributed by atoms with Crippen molar-refractivity contribution in [1.82, 2.24) is 10.2 Å². The normalized spacial score (nSPS) is 15.1. The fraction of sp³-hybridized carbons (Fsp3) is 0.455. The van der Waals surface area contributed by atoms with Gasteiger partial charge in [-0.2, -0.15) is 0 Å². The van der Waals surface area contributed by atoms with E-state index in [4.69, 9.17) is 9.47 Å². The molecule has 26 heavy (non-hydrogen) atoms. The van der Waals surface area contributed by atoms with Crippen LogP contribution in [0, 0.1) is 6.92 Å². The van der Waals surface area contributed by atoms with Crippen LogP contribution in [-0.2, 0) is 17.9 Å². The minimum atomic E-state index is 0.612. The molecule has 0 unspecified atom stereocenters. The Kier molecular flexibility index (Phi) is 7.50. The number of aryl methyl sites for hydroxylation is 1. The molecule has 0 amide bonds. The molecule has 0 aliphatic carbocycles. The number of nitrogens with zero attached hydrogens (tertiary/aromatic N) is 1. The van der Waals surface area contributed by atoms with Gasteiger partial charge in [0.1, 0.15) is 12.4 Å². The Hall–Kier alpha value is -1.88. The van der Waals surface area contributed by atoms with Crippen molar-refractivity contribution in [3.8, 4) is 5.75 Å². The van der Waals surface area contributed by atoms with E-state index in [1.54, 1.807) is 0 Å². The summed E-state index contributed by atoms with van der Waals surface area (Å²) in [6.07, 6.45) is 1.18. The second-order valence-corrected chi connectivity index (χ2v) is 6.91. The lowest BCUT2D eigenvalue weighted by molar-refractivity contribution is 0.0374. The molecule has 1 aliphatic heterocycles. The first-order valence-electron chi connectivity index (χ1n) is 9.58. The molecule has 4 nitrogen and oxygen atoms in total. The average molecular weight is 354 g/mol. The smallest absolute Gasteiger partial charge is 0.119 e. The molecule has 140 valence electrons. The van der Waals surface area contributed by atoms with Crippen LogP contribution < -0.4 is 10.1 Å². The van der Waals surface area contributed by atoms with Gasteiger partial charge in [0.15, 0.2) is 0 Å². The van der Waals surface area contributed by atoms with Crippen molar-refractivity contribution < 1.29 is 9.47 Å². The number of nitrogens with one attached hydrogen (secondary N) is 1. The fourth-order valence-corrected chi connectivity index (χ4v) is 3.16. The summed E-state index contributed by atoms with van der Waals surface area (Å²) in [5.41, 5.74) is 3.76. The monoisotopic (exact) mass is 354 g/mol. The summed E-state index contributed by atoms with van der Waals surface area (Å²) in [6, 6.07) is 16.8. The van der Waals surface area contributed by atoms with Crippen LogP contribution in [0.3, 0.4) is 0 Å². The van der Waals surface area contributed by atoms with Gasteiger partial charge in [0, 0.05) is 19.6 Å². The van der Waals surface area contributed by atoms with Crippen molar-refractivity contribution in [2.45, 2.75) is 26.5 Å². The summed E-state index contributed by atoms with van der Waals surface area (Å²) in [6.45, 7) is 9.73. The highest BCUT2D eigenvalue weighted by molar-refractivity contribution is 5.28. The molecule has 2 aromatic rings. The minimum Gasteiger partial charge on any atom is -0.489 e. The SMILES string of the molecule is Cc1cccc(COc2ccc(CNCCCN3CCOCC3)cc2)c1. The van der Waals surface area contributed by atoms with Crippen molar-refractivity contribution in [3.63, 3.8) is 0 Å². The van der Waals surface area contributed by atoms with Crippen LogP contribution in [0.15, 0.2) is 48.5 Å². The summed E-state index contributed by atoms with van der Waals surface area (Å²) < 4.78 is 11.3. The predicted octanol–water partition coefficient (Wildman–Crippen LogP) is 3.39. The van der Waals surface area contributed by atoms with Gasteiger partial charge in [-0.15, -0.1) is 0 Å². The van der Waals surface area contributed by atoms with Crippen LogP contribution in [0.5, 0.6) is 5.75 Å². The third-order valence-electron chi connectivity index (χ3n) is 4.67. The summed E-state index contributed by atoms with van der Waals surface area (Å²) in [5.74, 6) is 0.919. The van der Waals surface area contributed by atoms with E-state index >= 15 is 0 Å². The highest BCUT2D eigenvalue weighted by atomic mass is 16.5. The maximum Gasteiger partial charge on any atom is 0.119 e. The topological polar surface area (TPSA) is 33.7 Å². The van der Waals surface area contributed by atoms with Gasteiger partial charge in [0.25, 0.3) is 0 Å². The number of ether oxygens (including phenoxy) is 2. The number of benzene rings is 2. The molecule has 1 aliphatic rings. The molecular weight excluding hydrogens is 324 g/mol. The van der Waals surface area contributed by atoms with Gasteiger partial charge in [-0.05, 0) is 49.7 Å². The summed E-state index contributed by atoms with van der Waals surface area (Å²) in [5, 5.41) is 3.53. The van der Waals surface area contributed by atoms with E-state index in [0.29, 0.717) is 6.61 Å². The quantitative estimate of drug-likeness (QED) is 0.700. The van der Waals surface area contributed by atoms with Gasteiger partial charge in [0.2, 0.25) is 0 Å². The van der Waals surface area contributed by atoms with Crippen LogP contribution in [0.1, 0.15) is 23.1 Å². The highest BCUT2D eigenvalue weighted by Gasteiger charge is 2.08. The molecule has 1 saturated heterocycles. The van der Waals surface area contributed by atoms with E-state index in [0.717, 1.165) is 51.7 Å². The standard InChI is InChI=1S/C22H30N2O2/c1-19-4-2-5-21(16-19)18-26-22-8-6-20(7-9-22)17-23-10-3-11-24-12-14-25-15-13-24/h2,4-9,16,23H,3,10-15,17-18H2,1H3. The lowest BCUT2D eigenvalue weighted by atomic mass is 10.1. The summed E-state index contributed by atoms with van der Waals surface area (Å²) >= 11 is 0. The van der Waals surface area contributed by atoms with E-state index in [-0.39, 0.29) is 0 Å². The lowest BCUT2D eigenvalue weighted by Crippen LogP contribution is -2.37. The van der Waals surface area contributed by atoms with Gasteiger partial charge in [-0.3, -0.25) is 4.90 Å². The average Bonchev–Trinajstić information content (AvgIpc) is 2.68. The molecule has 0 aromatic heterocycles. The van der Waals surface area contributed by atoms with E-state index in [9.17, 15) is 0 Å². The number of rotatable bonds is 9. The molecule has 3 rings (SSSR count). The molecule has 0 saturated carbocycles. The van der Waals surface area contributed by atoms with Crippen LogP contribution in [-0.4, -0.2) is 44.3 Å². The zero-order chi connectivity index (χ0) is 18.0. The van der Waals surface area contributed by atoms with Crippen molar-refractivity contribution in [2.24, 2.45) is 0 Å². The fourth-order valence-electron chi connectivity index (χ4n) is 3.16. The van der Waals surface area contributed by atoms with E-state index in [1.165, 1.54) is 23.1 Å². The van der Waals surface area contributed by atoms with E-state index in [2.05, 4.69) is 65.7 Å². The van der Waals surface area contributed by atoms with Crippen LogP contribution in [0.2, 0.25) is 0 Å². The van der Waals surface area contributed by atoms with Crippen molar-refractivity contribution in [3.05, 3.63) is 65.2 Å². The molecule has 0 bridgehead atoms. The Balaban J connectivity index is 1.32. The summed E-state index contributed by atoms with van der Waals surface area (Å²) in [7, 11) is 0. The Morgan fingerprint density at radius 1 is 1.04 bits per heavy atom. The maximum absolute atomic E-state index is 5.88. The molecule has 0 radical (unpaired) electrons. The largest absolute Gasteiger partial charge is 0.489 e. The first-order valence-corrected chi connectivity index (χ1v) is 9.58. The predicted molar refractivity (Wildman–Crippen MR) is 106 cm³/mol. The maximum atomic E-state index is 5.88. The summed E-state index contributed by atoms with van der Waals surface area (Å²) in [4.78, 5) is 2.48. The Morgan fingerprint density at radius 3 is 2.62 bits per heavy atom. The van der Waals surface area contributed by atoms with Crippen LogP contribution in [0.25, 0.3) is 0 Å². The van der Waals surface area contributed by atoms with Gasteiger partial charge in [0.05, 0.1) is 13.2 Å². The second-order valence-electron chi connectivity index (χ2n) is 6.91. The molecular formula is C22H30N2O2. The third-order valence-corrected chi connectivity index (χ3v) is 4.67. The van der Waals surface area contributed by atoms with Crippen LogP contribution in [0.4, 0.5) is 0 Å². The molecule has 0 spiro atoms. The molecule has 1 N–H and O–H groups in total. The Labute approximate surface area is 157 Å². The van der Waals surface area contributed by atoms with Crippen LogP contribution >= 0.6 is 0 Å². The number of hydrogen-bond acceptors (Lipinski definition) is 4. The molecule has 2 aromatic carbocycles. The van der Waals surface area contributed by atoms with Crippen molar-refractivity contribution in [1.29, 1.82) is 0 Å². The Morgan fingerprint density at radius 2 is 1.85 bits per heavy atom. The molecule has 1 fully saturated rings. The first-order chi connectivity index (χ1) is 12.8. The van der Waals surface area contributed by atoms with Crippen molar-refractivity contribution >= 4 is 0 Å². The molecule has 0 atom stereocenters. The molecule has 1 heterocycles. The Bertz CT molecular complexity index is 651. The third kappa shape index (κ3) is 6.45. The molecule has 4 heteroatoms. The second kappa shape index (κ2) is 10.3. The zero-order valence-corrected chi connectivity index (χ0v) is 15.7.